The molecule has 0 unspecified atom stereocenters. The number of aliphatic hydroxyl groups excluding tert-OH is 1. The van der Waals surface area contributed by atoms with Gasteiger partial charge in [0, 0.05) is 10.8 Å². The van der Waals surface area contributed by atoms with Gasteiger partial charge in [0.25, 0.3) is 0 Å². The zero-order valence-electron chi connectivity index (χ0n) is 12.2. The zero-order valence-corrected chi connectivity index (χ0v) is 12.2. The van der Waals surface area contributed by atoms with Gasteiger partial charge in [0.05, 0.1) is 23.4 Å². The first kappa shape index (κ1) is 13.6. The number of fused-ring (bicyclic) bond motifs is 5. The molecule has 2 N–H and O–H groups in total. The number of aliphatic hydroxyl groups is 1. The van der Waals surface area contributed by atoms with Gasteiger partial charge in [-0.25, -0.2) is 0 Å². The number of benzene rings is 1. The lowest BCUT2D eigenvalue weighted by molar-refractivity contribution is -0.111. The van der Waals surface area contributed by atoms with Gasteiger partial charge in [-0.2, -0.15) is 18.3 Å². The normalized spacial score (nSPS) is 32.5. The summed E-state index contributed by atoms with van der Waals surface area (Å²) in [6.07, 6.45) is -1.54. The van der Waals surface area contributed by atoms with E-state index in [9.17, 15) is 18.3 Å². The molecule has 0 amide bonds. The second kappa shape index (κ2) is 3.98. The summed E-state index contributed by atoms with van der Waals surface area (Å²) in [5.74, 6) is -0.274. The molecule has 3 aliphatic carbocycles. The van der Waals surface area contributed by atoms with Crippen LogP contribution < -0.4 is 0 Å². The lowest BCUT2D eigenvalue weighted by atomic mass is 9.70. The summed E-state index contributed by atoms with van der Waals surface area (Å²) in [7, 11) is 0. The number of allylic oxidation sites excluding steroid dienone is 1. The van der Waals surface area contributed by atoms with Crippen molar-refractivity contribution in [3.05, 3.63) is 35.0 Å². The minimum atomic E-state index is -4.49. The van der Waals surface area contributed by atoms with Crippen molar-refractivity contribution >= 4 is 16.5 Å². The molecule has 3 nitrogen and oxygen atoms in total. The van der Waals surface area contributed by atoms with Crippen LogP contribution >= 0.6 is 0 Å². The summed E-state index contributed by atoms with van der Waals surface area (Å²) < 4.78 is 41.1. The van der Waals surface area contributed by atoms with Crippen LogP contribution in [0.5, 0.6) is 0 Å². The van der Waals surface area contributed by atoms with Crippen LogP contribution in [0.4, 0.5) is 13.2 Å². The maximum Gasteiger partial charge on any atom is 0.415 e. The van der Waals surface area contributed by atoms with E-state index in [-0.39, 0.29) is 5.92 Å². The molecular weight excluding hydrogens is 305 g/mol. The van der Waals surface area contributed by atoms with Crippen LogP contribution in [-0.2, 0) is 6.42 Å². The summed E-state index contributed by atoms with van der Waals surface area (Å²) in [5, 5.41) is 18.1. The van der Waals surface area contributed by atoms with Crippen LogP contribution in [0.25, 0.3) is 16.5 Å². The van der Waals surface area contributed by atoms with Crippen molar-refractivity contribution in [1.82, 2.24) is 10.2 Å². The number of alkyl halides is 3. The van der Waals surface area contributed by atoms with E-state index < -0.39 is 23.3 Å². The predicted octanol–water partition coefficient (Wildman–Crippen LogP) is 3.60. The molecule has 2 aromatic rings. The molecule has 1 saturated carbocycles. The fraction of sp³-hybridized carbons (Fsp3) is 0.471. The lowest BCUT2D eigenvalue weighted by Gasteiger charge is -2.36. The summed E-state index contributed by atoms with van der Waals surface area (Å²) in [6.45, 7) is 0. The molecule has 0 saturated heterocycles. The third kappa shape index (κ3) is 1.57. The Bertz CT molecular complexity index is 866. The summed E-state index contributed by atoms with van der Waals surface area (Å²) >= 11 is 0. The number of H-pyrrole nitrogens is 1. The third-order valence-electron chi connectivity index (χ3n) is 6.01. The van der Waals surface area contributed by atoms with Gasteiger partial charge in [-0.15, -0.1) is 0 Å². The average molecular weight is 320 g/mol. The Balaban J connectivity index is 1.87. The Morgan fingerprint density at radius 1 is 1.30 bits per heavy atom. The fourth-order valence-electron chi connectivity index (χ4n) is 5.16. The number of nitrogens with zero attached hydrogens (tertiary/aromatic N) is 1. The van der Waals surface area contributed by atoms with Crippen molar-refractivity contribution in [2.24, 2.45) is 11.3 Å². The van der Waals surface area contributed by atoms with E-state index in [0.717, 1.165) is 22.9 Å². The highest BCUT2D eigenvalue weighted by atomic mass is 19.4. The standard InChI is InChI=1S/C17H15F3N2O/c18-17(19,20)14-13-9-1-2-12-11(7-21-22-12)10(9)6-16(13)4-3-8(5-16)15(14)23/h1-2,7-8,15,23H,3-6H2,(H,21,22)/t8-,15-,16+/m1/s1. The minimum absolute atomic E-state index is 0.274. The lowest BCUT2D eigenvalue weighted by Crippen LogP contribution is -2.37. The molecule has 1 fully saturated rings. The fourth-order valence-corrected chi connectivity index (χ4v) is 5.16. The molecule has 3 atom stereocenters. The van der Waals surface area contributed by atoms with E-state index in [2.05, 4.69) is 10.2 Å². The van der Waals surface area contributed by atoms with Gasteiger partial charge < -0.3 is 5.11 Å². The molecule has 0 aliphatic heterocycles. The Labute approximate surface area is 130 Å². The maximum absolute atomic E-state index is 13.7. The van der Waals surface area contributed by atoms with E-state index in [1.165, 1.54) is 0 Å². The van der Waals surface area contributed by atoms with Crippen LogP contribution in [-0.4, -0.2) is 27.6 Å². The first-order valence-corrected chi connectivity index (χ1v) is 7.86. The number of aromatic nitrogens is 2. The van der Waals surface area contributed by atoms with E-state index in [4.69, 9.17) is 0 Å². The highest BCUT2D eigenvalue weighted by Crippen LogP contribution is 2.65. The average Bonchev–Trinajstić information content (AvgIpc) is 3.15. The van der Waals surface area contributed by atoms with Crippen LogP contribution in [0.3, 0.4) is 0 Å². The van der Waals surface area contributed by atoms with Gasteiger partial charge in [0.1, 0.15) is 0 Å². The van der Waals surface area contributed by atoms with Crippen LogP contribution in [0, 0.1) is 11.3 Å². The SMILES string of the molecule is O[C@H]1C(C(F)(F)F)=C2c3ccc4[nH]ncc4c3C[C@@]23CC[C@@H]1C3. The van der Waals surface area contributed by atoms with E-state index in [1.807, 2.05) is 0 Å². The topological polar surface area (TPSA) is 48.9 Å². The summed E-state index contributed by atoms with van der Waals surface area (Å²) in [5.41, 5.74) is 1.65. The first-order chi connectivity index (χ1) is 10.9. The van der Waals surface area contributed by atoms with Crippen molar-refractivity contribution in [2.75, 3.05) is 0 Å². The van der Waals surface area contributed by atoms with Gasteiger partial charge in [-0.3, -0.25) is 5.10 Å². The highest BCUT2D eigenvalue weighted by molar-refractivity contribution is 5.93. The van der Waals surface area contributed by atoms with Gasteiger partial charge in [-0.1, -0.05) is 6.07 Å². The predicted molar refractivity (Wildman–Crippen MR) is 78.6 cm³/mol. The first-order valence-electron chi connectivity index (χ1n) is 7.86. The summed E-state index contributed by atoms with van der Waals surface area (Å²) in [4.78, 5) is 0. The quantitative estimate of drug-likeness (QED) is 0.779. The molecular formula is C17H15F3N2O. The second-order valence-corrected chi connectivity index (χ2v) is 7.11. The number of halogens is 3. The molecule has 2 bridgehead atoms. The molecule has 6 heteroatoms. The van der Waals surface area contributed by atoms with Gasteiger partial charge in [0.15, 0.2) is 0 Å². The van der Waals surface area contributed by atoms with Crippen molar-refractivity contribution in [3.63, 3.8) is 0 Å². The molecule has 0 radical (unpaired) electrons. The van der Waals surface area contributed by atoms with E-state index >= 15 is 0 Å². The van der Waals surface area contributed by atoms with Crippen LogP contribution in [0.2, 0.25) is 0 Å². The molecule has 1 heterocycles. The molecule has 3 aliphatic rings. The van der Waals surface area contributed by atoms with Gasteiger partial charge in [-0.05, 0) is 54.4 Å². The number of hydrogen-bond acceptors (Lipinski definition) is 2. The van der Waals surface area contributed by atoms with Crippen molar-refractivity contribution < 1.29 is 18.3 Å². The van der Waals surface area contributed by atoms with Crippen molar-refractivity contribution in [1.29, 1.82) is 0 Å². The van der Waals surface area contributed by atoms with Crippen molar-refractivity contribution in [2.45, 2.75) is 38.0 Å². The number of hydrogen-bond donors (Lipinski definition) is 2. The Morgan fingerprint density at radius 3 is 2.91 bits per heavy atom. The number of rotatable bonds is 0. The molecule has 23 heavy (non-hydrogen) atoms. The monoisotopic (exact) mass is 320 g/mol. The second-order valence-electron chi connectivity index (χ2n) is 7.11. The largest absolute Gasteiger partial charge is 0.415 e. The Hall–Kier alpha value is -1.82. The Kier molecular flexibility index (Phi) is 2.35. The molecule has 5 rings (SSSR count). The van der Waals surface area contributed by atoms with Gasteiger partial charge >= 0.3 is 6.18 Å². The summed E-state index contributed by atoms with van der Waals surface area (Å²) in [6, 6.07) is 3.55. The van der Waals surface area contributed by atoms with Crippen LogP contribution in [0.15, 0.2) is 23.9 Å². The van der Waals surface area contributed by atoms with E-state index in [1.54, 1.807) is 18.3 Å². The molecule has 1 aromatic carbocycles. The molecule has 1 spiro atoms. The number of aromatic amines is 1. The van der Waals surface area contributed by atoms with Gasteiger partial charge in [0.2, 0.25) is 0 Å². The number of nitrogens with one attached hydrogen (secondary N) is 1. The smallest absolute Gasteiger partial charge is 0.388 e. The maximum atomic E-state index is 13.7. The molecule has 120 valence electrons. The van der Waals surface area contributed by atoms with E-state index in [0.29, 0.717) is 30.4 Å². The Morgan fingerprint density at radius 2 is 2.13 bits per heavy atom. The minimum Gasteiger partial charge on any atom is -0.388 e. The third-order valence-corrected chi connectivity index (χ3v) is 6.01. The highest BCUT2D eigenvalue weighted by Gasteiger charge is 2.59. The van der Waals surface area contributed by atoms with Crippen LogP contribution in [0.1, 0.15) is 30.4 Å². The van der Waals surface area contributed by atoms with Crippen molar-refractivity contribution in [3.8, 4) is 0 Å². The molecule has 1 aromatic heterocycles. The zero-order chi connectivity index (χ0) is 16.0.